The van der Waals surface area contributed by atoms with Gasteiger partial charge in [0, 0.05) is 12.0 Å². The van der Waals surface area contributed by atoms with Gasteiger partial charge in [-0.05, 0) is 42.9 Å². The predicted octanol–water partition coefficient (Wildman–Crippen LogP) is 2.93. The van der Waals surface area contributed by atoms with Crippen LogP contribution in [0.25, 0.3) is 0 Å². The van der Waals surface area contributed by atoms with Crippen molar-refractivity contribution in [3.8, 4) is 23.5 Å². The van der Waals surface area contributed by atoms with Gasteiger partial charge in [0.2, 0.25) is 5.69 Å². The standard InChI is InChI=1S/C17H14FN3O3/c18-17-8-16(9-17,10-17)6-2-4-11-3-1-5-12(7-11)24-14-13(15(22)23)19-21-20-14/h1,3,5,7H,6,8-10H2,(H,22,23)(H,19,20,21). The van der Waals surface area contributed by atoms with E-state index in [1.165, 1.54) is 0 Å². The van der Waals surface area contributed by atoms with Crippen LogP contribution in [-0.2, 0) is 0 Å². The fourth-order valence-corrected chi connectivity index (χ4v) is 3.57. The van der Waals surface area contributed by atoms with Crippen molar-refractivity contribution < 1.29 is 19.0 Å². The Morgan fingerprint density at radius 3 is 2.92 bits per heavy atom. The smallest absolute Gasteiger partial charge is 0.362 e. The summed E-state index contributed by atoms with van der Waals surface area (Å²) in [6.07, 6.45) is 2.63. The van der Waals surface area contributed by atoms with Gasteiger partial charge in [0.1, 0.15) is 11.4 Å². The van der Waals surface area contributed by atoms with Crippen molar-refractivity contribution in [2.75, 3.05) is 0 Å². The molecule has 2 aromatic rings. The fourth-order valence-electron chi connectivity index (χ4n) is 3.57. The SMILES string of the molecule is O=C(O)c1nn[nH]c1Oc1cccc(C#CCC23CC(F)(C2)C3)c1. The average molecular weight is 327 g/mol. The Morgan fingerprint density at radius 1 is 1.42 bits per heavy atom. The fraction of sp³-hybridized carbons (Fsp3) is 0.353. The number of aromatic nitrogens is 3. The number of carbonyl (C=O) groups is 1. The van der Waals surface area contributed by atoms with E-state index >= 15 is 0 Å². The highest BCUT2D eigenvalue weighted by atomic mass is 19.1. The summed E-state index contributed by atoms with van der Waals surface area (Å²) >= 11 is 0. The Kier molecular flexibility index (Phi) is 3.10. The lowest BCUT2D eigenvalue weighted by Gasteiger charge is -2.65. The normalized spacial score (nSPS) is 26.5. The quantitative estimate of drug-likeness (QED) is 0.843. The first-order valence-corrected chi connectivity index (χ1v) is 7.57. The molecule has 122 valence electrons. The maximum absolute atomic E-state index is 13.5. The molecule has 0 unspecified atom stereocenters. The summed E-state index contributed by atoms with van der Waals surface area (Å²) in [5, 5.41) is 18.3. The molecule has 0 spiro atoms. The summed E-state index contributed by atoms with van der Waals surface area (Å²) < 4.78 is 18.9. The molecule has 3 aliphatic rings. The van der Waals surface area contributed by atoms with Crippen LogP contribution in [0.15, 0.2) is 24.3 Å². The van der Waals surface area contributed by atoms with E-state index in [1.807, 2.05) is 6.07 Å². The molecule has 5 rings (SSSR count). The van der Waals surface area contributed by atoms with E-state index in [4.69, 9.17) is 9.84 Å². The molecule has 7 heteroatoms. The highest BCUT2D eigenvalue weighted by Gasteiger charge is 2.68. The number of hydrogen-bond donors (Lipinski definition) is 2. The molecule has 2 bridgehead atoms. The third-order valence-corrected chi connectivity index (χ3v) is 4.54. The number of halogens is 1. The van der Waals surface area contributed by atoms with Crippen LogP contribution < -0.4 is 4.74 Å². The van der Waals surface area contributed by atoms with Crippen LogP contribution in [0.3, 0.4) is 0 Å². The third kappa shape index (κ3) is 2.50. The van der Waals surface area contributed by atoms with Gasteiger partial charge in [-0.15, -0.1) is 5.10 Å². The maximum Gasteiger partial charge on any atom is 0.362 e. The third-order valence-electron chi connectivity index (χ3n) is 4.54. The van der Waals surface area contributed by atoms with Crippen molar-refractivity contribution in [1.29, 1.82) is 0 Å². The van der Waals surface area contributed by atoms with Gasteiger partial charge < -0.3 is 9.84 Å². The number of ether oxygens (including phenoxy) is 1. The molecule has 0 atom stereocenters. The second kappa shape index (κ2) is 5.06. The molecule has 6 nitrogen and oxygen atoms in total. The maximum atomic E-state index is 13.5. The van der Waals surface area contributed by atoms with Gasteiger partial charge in [-0.25, -0.2) is 14.3 Å². The lowest BCUT2D eigenvalue weighted by molar-refractivity contribution is -0.209. The molecule has 24 heavy (non-hydrogen) atoms. The molecule has 0 saturated heterocycles. The molecule has 3 fully saturated rings. The van der Waals surface area contributed by atoms with Crippen molar-refractivity contribution in [2.45, 2.75) is 31.4 Å². The molecule has 0 aliphatic heterocycles. The molecule has 1 aromatic carbocycles. The van der Waals surface area contributed by atoms with Crippen molar-refractivity contribution >= 4 is 5.97 Å². The molecule has 3 aliphatic carbocycles. The van der Waals surface area contributed by atoms with E-state index in [-0.39, 0.29) is 17.0 Å². The number of H-pyrrole nitrogens is 1. The van der Waals surface area contributed by atoms with E-state index in [2.05, 4.69) is 27.3 Å². The first kappa shape index (κ1) is 14.7. The predicted molar refractivity (Wildman–Crippen MR) is 81.5 cm³/mol. The number of aromatic carboxylic acids is 1. The van der Waals surface area contributed by atoms with Gasteiger partial charge in [-0.3, -0.25) is 0 Å². The second-order valence-electron chi connectivity index (χ2n) is 6.58. The topological polar surface area (TPSA) is 88.1 Å². The highest BCUT2D eigenvalue weighted by molar-refractivity contribution is 5.87. The number of alkyl halides is 1. The van der Waals surface area contributed by atoms with Crippen LogP contribution in [0.2, 0.25) is 0 Å². The lowest BCUT2D eigenvalue weighted by atomic mass is 9.41. The molecular formula is C17H14FN3O3. The van der Waals surface area contributed by atoms with Crippen LogP contribution in [0.4, 0.5) is 4.39 Å². The van der Waals surface area contributed by atoms with Gasteiger partial charge in [0.15, 0.2) is 0 Å². The van der Waals surface area contributed by atoms with Gasteiger partial charge in [-0.1, -0.05) is 23.1 Å². The molecule has 1 heterocycles. The van der Waals surface area contributed by atoms with Gasteiger partial charge in [0.05, 0.1) is 0 Å². The highest BCUT2D eigenvalue weighted by Crippen LogP contribution is 2.70. The van der Waals surface area contributed by atoms with E-state index in [0.717, 1.165) is 5.56 Å². The van der Waals surface area contributed by atoms with Crippen molar-refractivity contribution in [3.05, 3.63) is 35.5 Å². The number of nitrogens with zero attached hydrogens (tertiary/aromatic N) is 2. The second-order valence-corrected chi connectivity index (χ2v) is 6.58. The Morgan fingerprint density at radius 2 is 2.21 bits per heavy atom. The Hall–Kier alpha value is -2.88. The van der Waals surface area contributed by atoms with Crippen molar-refractivity contribution in [2.24, 2.45) is 5.41 Å². The van der Waals surface area contributed by atoms with E-state index in [0.29, 0.717) is 31.4 Å². The Bertz CT molecular complexity index is 861. The Balaban J connectivity index is 1.44. The zero-order valence-corrected chi connectivity index (χ0v) is 12.7. The van der Waals surface area contributed by atoms with Gasteiger partial charge >= 0.3 is 5.97 Å². The molecule has 0 amide bonds. The molecule has 1 aromatic heterocycles. The minimum atomic E-state index is -1.22. The summed E-state index contributed by atoms with van der Waals surface area (Å²) in [6.45, 7) is 0. The summed E-state index contributed by atoms with van der Waals surface area (Å²) in [5.74, 6) is 5.35. The van der Waals surface area contributed by atoms with Crippen LogP contribution in [-0.4, -0.2) is 32.2 Å². The van der Waals surface area contributed by atoms with E-state index in [1.54, 1.807) is 18.2 Å². The summed E-state index contributed by atoms with van der Waals surface area (Å²) in [5.41, 5.74) is -0.322. The minimum Gasteiger partial charge on any atom is -0.476 e. The van der Waals surface area contributed by atoms with E-state index < -0.39 is 11.6 Å². The summed E-state index contributed by atoms with van der Waals surface area (Å²) in [7, 11) is 0. The molecular weight excluding hydrogens is 313 g/mol. The number of nitrogens with one attached hydrogen (secondary N) is 1. The number of carboxylic acids is 1. The number of benzene rings is 1. The first-order chi connectivity index (χ1) is 11.5. The molecule has 3 saturated carbocycles. The number of rotatable bonds is 4. The van der Waals surface area contributed by atoms with Crippen LogP contribution in [0.5, 0.6) is 11.6 Å². The Labute approximate surface area is 137 Å². The van der Waals surface area contributed by atoms with Crippen LogP contribution in [0, 0.1) is 17.3 Å². The largest absolute Gasteiger partial charge is 0.476 e. The number of hydrogen-bond acceptors (Lipinski definition) is 4. The zero-order valence-electron chi connectivity index (χ0n) is 12.7. The first-order valence-electron chi connectivity index (χ1n) is 7.57. The average Bonchev–Trinajstić information content (AvgIpc) is 2.93. The lowest BCUT2D eigenvalue weighted by Crippen LogP contribution is -2.63. The number of aromatic amines is 1. The van der Waals surface area contributed by atoms with Crippen LogP contribution in [0.1, 0.15) is 41.7 Å². The summed E-state index contributed by atoms with van der Waals surface area (Å²) in [6, 6.07) is 6.99. The van der Waals surface area contributed by atoms with Gasteiger partial charge in [0.25, 0.3) is 5.88 Å². The van der Waals surface area contributed by atoms with Crippen molar-refractivity contribution in [1.82, 2.24) is 15.4 Å². The summed E-state index contributed by atoms with van der Waals surface area (Å²) in [4.78, 5) is 11.0. The van der Waals surface area contributed by atoms with Crippen molar-refractivity contribution in [3.63, 3.8) is 0 Å². The monoisotopic (exact) mass is 327 g/mol. The zero-order chi connectivity index (χ0) is 16.8. The molecule has 0 radical (unpaired) electrons. The van der Waals surface area contributed by atoms with E-state index in [9.17, 15) is 9.18 Å². The van der Waals surface area contributed by atoms with Gasteiger partial charge in [-0.2, -0.15) is 0 Å². The number of carboxylic acid groups (broad SMARTS) is 1. The molecule has 2 N–H and O–H groups in total. The minimum absolute atomic E-state index is 0.0327. The van der Waals surface area contributed by atoms with Crippen LogP contribution >= 0.6 is 0 Å².